The number of anilines is 1. The topological polar surface area (TPSA) is 63.1 Å². The molecule has 3 aromatic rings. The lowest BCUT2D eigenvalue weighted by molar-refractivity contribution is -0.122. The number of amides is 1. The van der Waals surface area contributed by atoms with Crippen LogP contribution in [0.15, 0.2) is 24.3 Å². The molecule has 0 atom stereocenters. The lowest BCUT2D eigenvalue weighted by atomic mass is 10.0. The van der Waals surface area contributed by atoms with E-state index < -0.39 is 0 Å². The van der Waals surface area contributed by atoms with E-state index in [0.29, 0.717) is 12.3 Å². The van der Waals surface area contributed by atoms with Gasteiger partial charge in [0, 0.05) is 25.6 Å². The van der Waals surface area contributed by atoms with Gasteiger partial charge in [-0.05, 0) is 62.8 Å². The maximum absolute atomic E-state index is 13.3. The van der Waals surface area contributed by atoms with Crippen LogP contribution < -0.4 is 10.2 Å². The van der Waals surface area contributed by atoms with Crippen molar-refractivity contribution in [2.24, 2.45) is 5.92 Å². The van der Waals surface area contributed by atoms with Crippen LogP contribution >= 0.6 is 11.3 Å². The highest BCUT2D eigenvalue weighted by molar-refractivity contribution is 7.22. The number of aromatic nitrogens is 3. The lowest BCUT2D eigenvalue weighted by Gasteiger charge is -2.32. The molecule has 1 N–H and O–H groups in total. The third kappa shape index (κ3) is 4.31. The number of carbonyl (C=O) groups excluding carboxylic acids is 1. The molecule has 2 aromatic heterocycles. The number of nitrogens with one attached hydrogen (secondary N) is 1. The fourth-order valence-electron chi connectivity index (χ4n) is 4.80. The molecule has 164 valence electrons. The normalized spacial score (nSPS) is 18.2. The lowest BCUT2D eigenvalue weighted by Crippen LogP contribution is -2.45. The SMILES string of the molecule is Cc1nn(-c2ccc(F)cc2)c2nc(N3CCC(NC(=O)CC4CCCC4)CC3)sc12. The second-order valence-corrected chi connectivity index (χ2v) is 9.78. The second kappa shape index (κ2) is 8.57. The van der Waals surface area contributed by atoms with Crippen molar-refractivity contribution in [3.05, 3.63) is 35.8 Å². The number of nitrogens with zero attached hydrogens (tertiary/aromatic N) is 4. The summed E-state index contributed by atoms with van der Waals surface area (Å²) in [6, 6.07) is 6.59. The van der Waals surface area contributed by atoms with Crippen LogP contribution in [0, 0.1) is 18.7 Å². The zero-order chi connectivity index (χ0) is 21.4. The van der Waals surface area contributed by atoms with Crippen LogP contribution in [0.4, 0.5) is 9.52 Å². The molecular weight excluding hydrogens is 413 g/mol. The molecule has 2 fully saturated rings. The second-order valence-electron chi connectivity index (χ2n) is 8.81. The largest absolute Gasteiger partial charge is 0.353 e. The van der Waals surface area contributed by atoms with Gasteiger partial charge in [-0.15, -0.1) is 0 Å². The van der Waals surface area contributed by atoms with E-state index in [0.717, 1.165) is 52.8 Å². The molecule has 1 saturated heterocycles. The molecule has 8 heteroatoms. The van der Waals surface area contributed by atoms with Crippen molar-refractivity contribution in [3.8, 4) is 5.69 Å². The van der Waals surface area contributed by atoms with Gasteiger partial charge in [0.05, 0.1) is 16.1 Å². The number of aryl methyl sites for hydroxylation is 1. The number of piperidine rings is 1. The van der Waals surface area contributed by atoms with Gasteiger partial charge in [0.25, 0.3) is 0 Å². The summed E-state index contributed by atoms with van der Waals surface area (Å²) in [6.45, 7) is 3.75. The van der Waals surface area contributed by atoms with E-state index in [-0.39, 0.29) is 17.8 Å². The molecular formula is C23H28FN5OS. The minimum absolute atomic E-state index is 0.223. The van der Waals surface area contributed by atoms with E-state index in [1.165, 1.54) is 37.8 Å². The van der Waals surface area contributed by atoms with E-state index >= 15 is 0 Å². The number of halogens is 1. The smallest absolute Gasteiger partial charge is 0.220 e. The molecule has 2 aliphatic rings. The van der Waals surface area contributed by atoms with E-state index in [4.69, 9.17) is 4.98 Å². The molecule has 0 unspecified atom stereocenters. The number of fused-ring (bicyclic) bond motifs is 1. The summed E-state index contributed by atoms with van der Waals surface area (Å²) in [7, 11) is 0. The van der Waals surface area contributed by atoms with Crippen LogP contribution in [0.1, 0.15) is 50.6 Å². The Morgan fingerprint density at radius 3 is 2.58 bits per heavy atom. The fraction of sp³-hybridized carbons (Fsp3) is 0.522. The molecule has 6 nitrogen and oxygen atoms in total. The monoisotopic (exact) mass is 441 g/mol. The standard InChI is InChI=1S/C23H28FN5OS/c1-15-21-22(29(27-15)19-8-6-17(24)7-9-19)26-23(31-21)28-12-10-18(11-13-28)25-20(30)14-16-4-2-3-5-16/h6-9,16,18H,2-5,10-14H2,1H3,(H,25,30). The maximum Gasteiger partial charge on any atom is 0.220 e. The molecule has 0 bridgehead atoms. The molecule has 3 heterocycles. The summed E-state index contributed by atoms with van der Waals surface area (Å²) >= 11 is 1.66. The minimum atomic E-state index is -0.263. The quantitative estimate of drug-likeness (QED) is 0.629. The zero-order valence-corrected chi connectivity index (χ0v) is 18.6. The van der Waals surface area contributed by atoms with Gasteiger partial charge in [0.1, 0.15) is 5.82 Å². The third-order valence-electron chi connectivity index (χ3n) is 6.53. The molecule has 31 heavy (non-hydrogen) atoms. The van der Waals surface area contributed by atoms with Crippen molar-refractivity contribution in [2.45, 2.75) is 57.9 Å². The van der Waals surface area contributed by atoms with Gasteiger partial charge in [-0.1, -0.05) is 24.2 Å². The Hall–Kier alpha value is -2.48. The summed E-state index contributed by atoms with van der Waals surface area (Å²) < 4.78 is 16.2. The van der Waals surface area contributed by atoms with E-state index in [9.17, 15) is 9.18 Å². The van der Waals surface area contributed by atoms with Crippen molar-refractivity contribution in [1.82, 2.24) is 20.1 Å². The van der Waals surface area contributed by atoms with Crippen LogP contribution in [0.3, 0.4) is 0 Å². The number of rotatable bonds is 5. The van der Waals surface area contributed by atoms with Crippen molar-refractivity contribution in [2.75, 3.05) is 18.0 Å². The Balaban J connectivity index is 1.24. The maximum atomic E-state index is 13.3. The van der Waals surface area contributed by atoms with Crippen molar-refractivity contribution in [3.63, 3.8) is 0 Å². The Morgan fingerprint density at radius 2 is 1.87 bits per heavy atom. The van der Waals surface area contributed by atoms with Gasteiger partial charge in [-0.2, -0.15) is 10.1 Å². The number of carbonyl (C=O) groups is 1. The predicted molar refractivity (Wildman–Crippen MR) is 121 cm³/mol. The average molecular weight is 442 g/mol. The van der Waals surface area contributed by atoms with Gasteiger partial charge in [-0.25, -0.2) is 9.07 Å². The summed E-state index contributed by atoms with van der Waals surface area (Å²) in [5.74, 6) is 0.549. The molecule has 0 spiro atoms. The van der Waals surface area contributed by atoms with Crippen LogP contribution in [0.5, 0.6) is 0 Å². The summed E-state index contributed by atoms with van der Waals surface area (Å²) in [5.41, 5.74) is 2.55. The molecule has 1 aliphatic carbocycles. The van der Waals surface area contributed by atoms with E-state index in [1.807, 2.05) is 6.92 Å². The zero-order valence-electron chi connectivity index (χ0n) is 17.8. The molecule has 5 rings (SSSR count). The van der Waals surface area contributed by atoms with Gasteiger partial charge in [0.15, 0.2) is 10.8 Å². The number of hydrogen-bond donors (Lipinski definition) is 1. The minimum Gasteiger partial charge on any atom is -0.353 e. The average Bonchev–Trinajstić information content (AvgIpc) is 3.48. The highest BCUT2D eigenvalue weighted by atomic mass is 32.1. The first-order chi connectivity index (χ1) is 15.1. The van der Waals surface area contributed by atoms with Crippen LogP contribution in [-0.4, -0.2) is 39.8 Å². The molecule has 1 aromatic carbocycles. The highest BCUT2D eigenvalue weighted by Crippen LogP contribution is 2.34. The summed E-state index contributed by atoms with van der Waals surface area (Å²) in [6.07, 6.45) is 7.53. The first-order valence-corrected chi connectivity index (χ1v) is 12.0. The first-order valence-electron chi connectivity index (χ1n) is 11.2. The van der Waals surface area contributed by atoms with Crippen molar-refractivity contribution in [1.29, 1.82) is 0 Å². The van der Waals surface area contributed by atoms with Crippen molar-refractivity contribution >= 4 is 32.7 Å². The first kappa shape index (κ1) is 20.4. The van der Waals surface area contributed by atoms with Gasteiger partial charge in [0.2, 0.25) is 5.91 Å². The van der Waals surface area contributed by atoms with Crippen LogP contribution in [-0.2, 0) is 4.79 Å². The van der Waals surface area contributed by atoms with Gasteiger partial charge < -0.3 is 10.2 Å². The highest BCUT2D eigenvalue weighted by Gasteiger charge is 2.26. The Labute approximate surface area is 185 Å². The van der Waals surface area contributed by atoms with E-state index in [1.54, 1.807) is 28.2 Å². The van der Waals surface area contributed by atoms with Crippen LogP contribution in [0.25, 0.3) is 16.0 Å². The van der Waals surface area contributed by atoms with Crippen LogP contribution in [0.2, 0.25) is 0 Å². The Morgan fingerprint density at radius 1 is 1.16 bits per heavy atom. The molecule has 1 aliphatic heterocycles. The number of hydrogen-bond acceptors (Lipinski definition) is 5. The fourth-order valence-corrected chi connectivity index (χ4v) is 5.84. The Kier molecular flexibility index (Phi) is 5.65. The molecule has 0 radical (unpaired) electrons. The number of benzene rings is 1. The van der Waals surface area contributed by atoms with Gasteiger partial charge >= 0.3 is 0 Å². The predicted octanol–water partition coefficient (Wildman–Crippen LogP) is 4.59. The van der Waals surface area contributed by atoms with E-state index in [2.05, 4.69) is 15.3 Å². The van der Waals surface area contributed by atoms with Crippen molar-refractivity contribution < 1.29 is 9.18 Å². The number of thiazole rings is 1. The Bertz CT molecular complexity index is 1060. The summed E-state index contributed by atoms with van der Waals surface area (Å²) in [4.78, 5) is 19.5. The molecule has 1 saturated carbocycles. The summed E-state index contributed by atoms with van der Waals surface area (Å²) in [5, 5.41) is 8.84. The van der Waals surface area contributed by atoms with Gasteiger partial charge in [-0.3, -0.25) is 4.79 Å². The molecule has 1 amide bonds. The third-order valence-corrected chi connectivity index (χ3v) is 7.74.